The minimum absolute atomic E-state index is 0.285. The molecular weight excluding hydrogens is 457 g/mol. The first-order valence-corrected chi connectivity index (χ1v) is 12.3. The van der Waals surface area contributed by atoms with Crippen molar-refractivity contribution < 1.29 is 45.0 Å². The van der Waals surface area contributed by atoms with Crippen LogP contribution in [-0.2, 0) is 36.1 Å². The number of nitrogen functional groups attached to an aromatic ring is 1. The fourth-order valence-corrected chi connectivity index (χ4v) is 3.42. The number of ether oxygens (including phenoxy) is 1. The van der Waals surface area contributed by atoms with Gasteiger partial charge in [0.15, 0.2) is 11.5 Å². The zero-order valence-electron chi connectivity index (χ0n) is 15.1. The minimum Gasteiger partial charge on any atom is -0.382 e. The Bertz CT molecular complexity index is 1060. The first-order chi connectivity index (χ1) is 13.0. The monoisotopic (exact) mass is 477 g/mol. The van der Waals surface area contributed by atoms with Crippen LogP contribution in [0.25, 0.3) is 11.2 Å². The molecule has 0 aliphatic rings. The molecule has 1 unspecified atom stereocenters. The van der Waals surface area contributed by atoms with Gasteiger partial charge in [-0.3, -0.25) is 13.7 Å². The maximum Gasteiger partial charge on any atom is 0.350 e. The van der Waals surface area contributed by atoms with Gasteiger partial charge >= 0.3 is 7.60 Å². The SMILES string of the molecule is CC(Cn1cnc2c(N)ncnc21)OCP(=O)(O)O.CC(S(=O)(=O)O)S(=O)(=O)O. The van der Waals surface area contributed by atoms with Gasteiger partial charge in [0.25, 0.3) is 20.2 Å². The molecule has 2 aromatic heterocycles. The predicted molar refractivity (Wildman–Crippen MR) is 99.8 cm³/mol. The van der Waals surface area contributed by atoms with Gasteiger partial charge in [-0.2, -0.15) is 16.8 Å². The van der Waals surface area contributed by atoms with Gasteiger partial charge in [0.1, 0.15) is 18.2 Å². The second kappa shape index (κ2) is 9.40. The van der Waals surface area contributed by atoms with Gasteiger partial charge in [-0.1, -0.05) is 0 Å². The quantitative estimate of drug-likeness (QED) is 0.238. The van der Waals surface area contributed by atoms with Crippen molar-refractivity contribution in [2.75, 3.05) is 12.1 Å². The third-order valence-electron chi connectivity index (χ3n) is 3.25. The van der Waals surface area contributed by atoms with E-state index in [4.69, 9.17) is 29.4 Å². The molecule has 18 heteroatoms. The summed E-state index contributed by atoms with van der Waals surface area (Å²) in [5, 5.41) is 0. The summed E-state index contributed by atoms with van der Waals surface area (Å²) in [4.78, 5) is 29.4. The van der Waals surface area contributed by atoms with E-state index in [1.807, 2.05) is 0 Å². The second-order valence-electron chi connectivity index (χ2n) is 5.70. The number of fused-ring (bicyclic) bond motifs is 1. The van der Waals surface area contributed by atoms with Crippen molar-refractivity contribution in [1.29, 1.82) is 0 Å². The molecule has 2 aromatic rings. The topological polar surface area (TPSA) is 245 Å². The average Bonchev–Trinajstić information content (AvgIpc) is 2.95. The third kappa shape index (κ3) is 8.27. The standard InChI is InChI=1S/C9H14N5O4P.C2H6O6S2/c1-6(18-5-19(15,16)17)2-14-4-13-7-8(10)11-3-12-9(7)14;1-2(9(3,4)5)10(6,7)8/h3-4,6H,2,5H2,1H3,(H2,10,11,12)(H2,15,16,17);2H,1H3,(H,3,4,5)(H,6,7,8). The van der Waals surface area contributed by atoms with Gasteiger partial charge in [-0.05, 0) is 13.8 Å². The van der Waals surface area contributed by atoms with Crippen LogP contribution < -0.4 is 5.73 Å². The van der Waals surface area contributed by atoms with E-state index in [2.05, 4.69) is 15.0 Å². The van der Waals surface area contributed by atoms with Crippen molar-refractivity contribution in [2.24, 2.45) is 0 Å². The first kappa shape index (κ1) is 25.3. The summed E-state index contributed by atoms with van der Waals surface area (Å²) in [5.41, 5.74) is 6.70. The number of imidazole rings is 1. The molecule has 0 saturated heterocycles. The highest BCUT2D eigenvalue weighted by Gasteiger charge is 2.29. The molecule has 0 fully saturated rings. The van der Waals surface area contributed by atoms with Gasteiger partial charge in [-0.25, -0.2) is 15.0 Å². The molecule has 2 rings (SSSR count). The highest BCUT2D eigenvalue weighted by atomic mass is 32.3. The largest absolute Gasteiger partial charge is 0.382 e. The molecule has 29 heavy (non-hydrogen) atoms. The number of anilines is 1. The highest BCUT2D eigenvalue weighted by molar-refractivity contribution is 8.03. The molecule has 6 N–H and O–H groups in total. The molecule has 0 amide bonds. The lowest BCUT2D eigenvalue weighted by atomic mass is 10.4. The Balaban J connectivity index is 0.000000359. The molecule has 0 aromatic carbocycles. The molecule has 15 nitrogen and oxygen atoms in total. The zero-order chi connectivity index (χ0) is 22.6. The van der Waals surface area contributed by atoms with Crippen LogP contribution in [0.15, 0.2) is 12.7 Å². The molecule has 2 heterocycles. The van der Waals surface area contributed by atoms with Crippen molar-refractivity contribution in [3.05, 3.63) is 12.7 Å². The molecule has 166 valence electrons. The summed E-state index contributed by atoms with van der Waals surface area (Å²) in [6.45, 7) is 2.71. The smallest absolute Gasteiger partial charge is 0.350 e. The van der Waals surface area contributed by atoms with Gasteiger partial charge in [-0.15, -0.1) is 0 Å². The summed E-state index contributed by atoms with van der Waals surface area (Å²) < 4.78 is 71.4. The maximum atomic E-state index is 10.7. The van der Waals surface area contributed by atoms with E-state index < -0.39 is 44.9 Å². The van der Waals surface area contributed by atoms with E-state index in [-0.39, 0.29) is 5.82 Å². The van der Waals surface area contributed by atoms with Crippen LogP contribution in [0.3, 0.4) is 0 Å². The Morgan fingerprint density at radius 2 is 1.69 bits per heavy atom. The molecule has 0 saturated carbocycles. The Hall–Kier alpha value is -1.72. The van der Waals surface area contributed by atoms with Crippen LogP contribution in [0.1, 0.15) is 13.8 Å². The van der Waals surface area contributed by atoms with Crippen LogP contribution in [0, 0.1) is 0 Å². The number of nitrogens with two attached hydrogens (primary N) is 1. The van der Waals surface area contributed by atoms with Crippen molar-refractivity contribution in [3.8, 4) is 0 Å². The molecule has 1 atom stereocenters. The Morgan fingerprint density at radius 3 is 2.14 bits per heavy atom. The fraction of sp³-hybridized carbons (Fsp3) is 0.545. The number of hydrogen-bond acceptors (Lipinski definition) is 10. The van der Waals surface area contributed by atoms with Crippen LogP contribution in [0.4, 0.5) is 5.82 Å². The van der Waals surface area contributed by atoms with Crippen molar-refractivity contribution in [1.82, 2.24) is 19.5 Å². The van der Waals surface area contributed by atoms with Gasteiger partial charge < -0.3 is 24.8 Å². The average molecular weight is 477 g/mol. The fourth-order valence-electron chi connectivity index (χ4n) is 1.74. The summed E-state index contributed by atoms with van der Waals surface area (Å²) >= 11 is 0. The van der Waals surface area contributed by atoms with E-state index >= 15 is 0 Å². The third-order valence-corrected chi connectivity index (χ3v) is 6.87. The molecule has 0 spiro atoms. The van der Waals surface area contributed by atoms with E-state index in [0.29, 0.717) is 24.6 Å². The van der Waals surface area contributed by atoms with Crippen LogP contribution >= 0.6 is 7.60 Å². The van der Waals surface area contributed by atoms with Gasteiger partial charge in [0.05, 0.1) is 19.0 Å². The summed E-state index contributed by atoms with van der Waals surface area (Å²) in [5.74, 6) is 0.285. The Morgan fingerprint density at radius 1 is 1.14 bits per heavy atom. The van der Waals surface area contributed by atoms with Gasteiger partial charge in [0.2, 0.25) is 4.58 Å². The minimum atomic E-state index is -4.70. The van der Waals surface area contributed by atoms with Crippen LogP contribution in [-0.4, -0.2) is 72.3 Å². The van der Waals surface area contributed by atoms with E-state index in [9.17, 15) is 21.4 Å². The number of aromatic nitrogens is 4. The van der Waals surface area contributed by atoms with Crippen LogP contribution in [0.2, 0.25) is 0 Å². The van der Waals surface area contributed by atoms with E-state index in [0.717, 1.165) is 0 Å². The summed E-state index contributed by atoms with van der Waals surface area (Å²) in [6.07, 6.45) is 1.85. The second-order valence-corrected chi connectivity index (χ2v) is 11.1. The molecule has 0 bridgehead atoms. The molecule has 0 radical (unpaired) electrons. The van der Waals surface area contributed by atoms with Crippen molar-refractivity contribution in [2.45, 2.75) is 31.1 Å². The van der Waals surface area contributed by atoms with Gasteiger partial charge in [0, 0.05) is 0 Å². The molecule has 0 aliphatic carbocycles. The number of nitrogens with zero attached hydrogens (tertiary/aromatic N) is 4. The number of hydrogen-bond donors (Lipinski definition) is 5. The first-order valence-electron chi connectivity index (χ1n) is 7.52. The number of rotatable bonds is 7. The van der Waals surface area contributed by atoms with Crippen molar-refractivity contribution in [3.63, 3.8) is 0 Å². The van der Waals surface area contributed by atoms with E-state index in [1.54, 1.807) is 11.5 Å². The van der Waals surface area contributed by atoms with E-state index in [1.165, 1.54) is 12.7 Å². The highest BCUT2D eigenvalue weighted by Crippen LogP contribution is 2.34. The lowest BCUT2D eigenvalue weighted by molar-refractivity contribution is 0.0764. The lowest BCUT2D eigenvalue weighted by Gasteiger charge is -2.14. The Kier molecular flexibility index (Phi) is 8.20. The zero-order valence-corrected chi connectivity index (χ0v) is 17.6. The maximum absolute atomic E-state index is 10.7. The van der Waals surface area contributed by atoms with Crippen LogP contribution in [0.5, 0.6) is 0 Å². The summed E-state index contributed by atoms with van der Waals surface area (Å²) in [6, 6.07) is 0. The van der Waals surface area contributed by atoms with Crippen molar-refractivity contribution >= 4 is 44.8 Å². The molecular formula is C11H20N5O10PS2. The lowest BCUT2D eigenvalue weighted by Crippen LogP contribution is -2.25. The Labute approximate surface area is 165 Å². The predicted octanol–water partition coefficient (Wildman–Crippen LogP) is -0.943. The summed E-state index contributed by atoms with van der Waals surface area (Å²) in [7, 11) is -13.6. The molecule has 0 aliphatic heterocycles. The normalized spacial score (nSPS) is 13.9.